The lowest BCUT2D eigenvalue weighted by Gasteiger charge is -2.43. The maximum atomic E-state index is 13.0. The number of rotatable bonds is 5. The van der Waals surface area contributed by atoms with Gasteiger partial charge in [0.15, 0.2) is 12.4 Å². The molecule has 0 aromatic carbocycles. The van der Waals surface area contributed by atoms with Crippen molar-refractivity contribution in [3.63, 3.8) is 0 Å². The van der Waals surface area contributed by atoms with Crippen molar-refractivity contribution in [2.75, 3.05) is 18.5 Å². The van der Waals surface area contributed by atoms with Gasteiger partial charge in [-0.15, -0.1) is 0 Å². The summed E-state index contributed by atoms with van der Waals surface area (Å²) in [5.74, 6) is -0.887. The summed E-state index contributed by atoms with van der Waals surface area (Å²) in [5, 5.41) is 8.80. The summed E-state index contributed by atoms with van der Waals surface area (Å²) in [6.07, 6.45) is 2.01. The van der Waals surface area contributed by atoms with Crippen molar-refractivity contribution < 1.29 is 28.4 Å². The van der Waals surface area contributed by atoms with E-state index in [1.165, 1.54) is 6.07 Å². The molecule has 10 heteroatoms. The van der Waals surface area contributed by atoms with Crippen molar-refractivity contribution in [2.45, 2.75) is 52.5 Å². The Morgan fingerprint density at radius 3 is 2.72 bits per heavy atom. The summed E-state index contributed by atoms with van der Waals surface area (Å²) in [7, 11) is 0. The third kappa shape index (κ3) is 4.57. The number of amides is 4. The first-order valence-electron chi connectivity index (χ1n) is 9.53. The normalized spacial score (nSPS) is 25.8. The molecule has 1 saturated carbocycles. The zero-order chi connectivity index (χ0) is 21.4. The third-order valence-corrected chi connectivity index (χ3v) is 5.17. The number of anilines is 1. The molecule has 2 atom stereocenters. The van der Waals surface area contributed by atoms with Gasteiger partial charge in [-0.2, -0.15) is 0 Å². The van der Waals surface area contributed by atoms with Crippen molar-refractivity contribution in [3.8, 4) is 0 Å². The van der Waals surface area contributed by atoms with E-state index in [-0.39, 0.29) is 17.2 Å². The number of aryl methyl sites for hydroxylation is 1. The van der Waals surface area contributed by atoms with Gasteiger partial charge < -0.3 is 19.9 Å². The van der Waals surface area contributed by atoms with Crippen LogP contribution < -0.4 is 10.6 Å². The van der Waals surface area contributed by atoms with E-state index < -0.39 is 42.5 Å². The first-order chi connectivity index (χ1) is 13.5. The lowest BCUT2D eigenvalue weighted by Crippen LogP contribution is -2.54. The van der Waals surface area contributed by atoms with E-state index in [9.17, 15) is 19.2 Å². The second-order valence-corrected chi connectivity index (χ2v) is 8.79. The fourth-order valence-corrected chi connectivity index (χ4v) is 4.57. The molecule has 0 bridgehead atoms. The smallest absolute Gasteiger partial charge is 0.326 e. The number of esters is 1. The molecule has 1 spiro atoms. The molecule has 1 aromatic rings. The summed E-state index contributed by atoms with van der Waals surface area (Å²) in [4.78, 5) is 50.1. The van der Waals surface area contributed by atoms with E-state index >= 15 is 0 Å². The van der Waals surface area contributed by atoms with Gasteiger partial charge in [-0.1, -0.05) is 25.9 Å². The van der Waals surface area contributed by atoms with Crippen molar-refractivity contribution in [1.82, 2.24) is 15.4 Å². The van der Waals surface area contributed by atoms with Gasteiger partial charge in [-0.25, -0.2) is 4.79 Å². The molecule has 2 aliphatic rings. The number of urea groups is 1. The summed E-state index contributed by atoms with van der Waals surface area (Å²) in [6.45, 7) is 6.74. The lowest BCUT2D eigenvalue weighted by molar-refractivity contribution is -0.150. The van der Waals surface area contributed by atoms with E-state index in [1.54, 1.807) is 6.92 Å². The molecule has 1 aliphatic carbocycles. The molecule has 10 nitrogen and oxygen atoms in total. The molecule has 4 amide bonds. The van der Waals surface area contributed by atoms with Gasteiger partial charge in [0.25, 0.3) is 11.8 Å². The number of carbonyl (C=O) groups excluding carboxylic acids is 4. The highest BCUT2D eigenvalue weighted by molar-refractivity contribution is 6.09. The van der Waals surface area contributed by atoms with Crippen LogP contribution in [0.3, 0.4) is 0 Å². The second kappa shape index (κ2) is 7.49. The van der Waals surface area contributed by atoms with Crippen LogP contribution in [0.25, 0.3) is 0 Å². The molecule has 3 rings (SSSR count). The lowest BCUT2D eigenvalue weighted by atomic mass is 9.64. The van der Waals surface area contributed by atoms with Crippen molar-refractivity contribution in [1.29, 1.82) is 0 Å². The number of hydrogen-bond acceptors (Lipinski definition) is 7. The van der Waals surface area contributed by atoms with Gasteiger partial charge in [-0.05, 0) is 37.5 Å². The van der Waals surface area contributed by atoms with Crippen LogP contribution in [0.2, 0.25) is 0 Å². The van der Waals surface area contributed by atoms with Crippen LogP contribution in [0.1, 0.15) is 45.8 Å². The minimum absolute atomic E-state index is 0.102. The molecule has 2 heterocycles. The predicted molar refractivity (Wildman–Crippen MR) is 101 cm³/mol. The number of ether oxygens (including phenoxy) is 1. The van der Waals surface area contributed by atoms with Crippen LogP contribution >= 0.6 is 0 Å². The Morgan fingerprint density at radius 1 is 1.38 bits per heavy atom. The molecule has 1 aliphatic heterocycles. The molecular weight excluding hydrogens is 380 g/mol. The molecule has 0 unspecified atom stereocenters. The van der Waals surface area contributed by atoms with Crippen LogP contribution in [0.15, 0.2) is 10.6 Å². The van der Waals surface area contributed by atoms with Crippen LogP contribution in [0.4, 0.5) is 10.6 Å². The second-order valence-electron chi connectivity index (χ2n) is 8.79. The third-order valence-electron chi connectivity index (χ3n) is 5.17. The van der Waals surface area contributed by atoms with E-state index in [2.05, 4.69) is 29.6 Å². The number of aromatic nitrogens is 1. The minimum Gasteiger partial charge on any atom is -0.454 e. The average Bonchev–Trinajstić information content (AvgIpc) is 3.07. The van der Waals surface area contributed by atoms with Gasteiger partial charge in [0, 0.05) is 6.07 Å². The monoisotopic (exact) mass is 406 g/mol. The molecule has 1 saturated heterocycles. The van der Waals surface area contributed by atoms with Gasteiger partial charge in [0.05, 0.1) is 0 Å². The fourth-order valence-electron chi connectivity index (χ4n) is 4.57. The van der Waals surface area contributed by atoms with Gasteiger partial charge in [-0.3, -0.25) is 19.3 Å². The summed E-state index contributed by atoms with van der Waals surface area (Å²) >= 11 is 0. The van der Waals surface area contributed by atoms with E-state index in [1.807, 2.05) is 6.92 Å². The van der Waals surface area contributed by atoms with Crippen LogP contribution in [0, 0.1) is 18.3 Å². The maximum Gasteiger partial charge on any atom is 0.326 e. The minimum atomic E-state index is -0.985. The van der Waals surface area contributed by atoms with E-state index in [4.69, 9.17) is 9.26 Å². The molecule has 0 radical (unpaired) electrons. The Kier molecular flexibility index (Phi) is 5.38. The zero-order valence-electron chi connectivity index (χ0n) is 17.0. The van der Waals surface area contributed by atoms with Crippen molar-refractivity contribution in [3.05, 3.63) is 11.8 Å². The number of hydrogen-bond donors (Lipinski definition) is 2. The molecule has 158 valence electrons. The summed E-state index contributed by atoms with van der Waals surface area (Å²) in [6, 6.07) is 0.901. The Morgan fingerprint density at radius 2 is 2.10 bits per heavy atom. The number of nitrogens with one attached hydrogen (secondary N) is 2. The summed E-state index contributed by atoms with van der Waals surface area (Å²) in [5.41, 5.74) is -1.09. The Bertz CT molecular complexity index is 848. The highest BCUT2D eigenvalue weighted by Crippen LogP contribution is 2.46. The Balaban J connectivity index is 1.55. The Hall–Kier alpha value is -2.91. The van der Waals surface area contributed by atoms with Gasteiger partial charge in [0.1, 0.15) is 17.8 Å². The quantitative estimate of drug-likeness (QED) is 0.561. The average molecular weight is 406 g/mol. The highest BCUT2D eigenvalue weighted by atomic mass is 16.5. The largest absolute Gasteiger partial charge is 0.454 e. The number of carbonyl (C=O) groups is 4. The number of nitrogens with zero attached hydrogens (tertiary/aromatic N) is 2. The fraction of sp³-hybridized carbons (Fsp3) is 0.632. The first-order valence-corrected chi connectivity index (χ1v) is 9.53. The Labute approximate surface area is 168 Å². The zero-order valence-corrected chi connectivity index (χ0v) is 17.0. The van der Waals surface area contributed by atoms with E-state index in [0.29, 0.717) is 18.6 Å². The SMILES string of the molecule is Cc1cc(NC(=O)COC(=O)CN2C(=O)N[C@]3(C[C@H](C)CC(C)(C)C3)C2=O)no1. The molecular formula is C19H26N4O6. The van der Waals surface area contributed by atoms with Crippen molar-refractivity contribution >= 4 is 29.6 Å². The summed E-state index contributed by atoms with van der Waals surface area (Å²) < 4.78 is 9.72. The maximum absolute atomic E-state index is 13.0. The van der Waals surface area contributed by atoms with Crippen molar-refractivity contribution in [2.24, 2.45) is 11.3 Å². The van der Waals surface area contributed by atoms with Gasteiger partial charge in [0.2, 0.25) is 0 Å². The molecule has 1 aromatic heterocycles. The molecule has 2 fully saturated rings. The predicted octanol–water partition coefficient (Wildman–Crippen LogP) is 1.60. The number of imide groups is 1. The van der Waals surface area contributed by atoms with Crippen LogP contribution in [0.5, 0.6) is 0 Å². The van der Waals surface area contributed by atoms with Crippen LogP contribution in [-0.4, -0.2) is 52.6 Å². The molecule has 2 N–H and O–H groups in total. The van der Waals surface area contributed by atoms with Crippen LogP contribution in [-0.2, 0) is 19.1 Å². The standard InChI is InChI=1S/C19H26N4O6/c1-11-6-18(3,4)10-19(7-11)16(26)23(17(27)21-19)8-15(25)28-9-14(24)20-13-5-12(2)29-22-13/h5,11H,6-10H2,1-4H3,(H,21,27)(H,20,22,24)/t11-,19+/m1/s1. The highest BCUT2D eigenvalue weighted by Gasteiger charge is 2.56. The van der Waals surface area contributed by atoms with E-state index in [0.717, 1.165) is 11.3 Å². The topological polar surface area (TPSA) is 131 Å². The first kappa shape index (κ1) is 20.8. The van der Waals surface area contributed by atoms with Gasteiger partial charge >= 0.3 is 12.0 Å². The molecule has 29 heavy (non-hydrogen) atoms.